The van der Waals surface area contributed by atoms with Gasteiger partial charge in [-0.1, -0.05) is 23.7 Å². The Morgan fingerprint density at radius 3 is 1.93 bits per heavy atom. The van der Waals surface area contributed by atoms with Gasteiger partial charge in [-0.3, -0.25) is 14.4 Å². The van der Waals surface area contributed by atoms with Crippen LogP contribution in [-0.4, -0.2) is 39.6 Å². The molecule has 1 saturated carbocycles. The molecule has 1 aromatic carbocycles. The van der Waals surface area contributed by atoms with Gasteiger partial charge in [-0.2, -0.15) is 0 Å². The van der Waals surface area contributed by atoms with E-state index >= 15 is 0 Å². The van der Waals surface area contributed by atoms with Gasteiger partial charge < -0.3 is 14.6 Å². The van der Waals surface area contributed by atoms with E-state index in [1.54, 1.807) is 65.8 Å². The van der Waals surface area contributed by atoms with E-state index in [9.17, 15) is 19.5 Å². The Morgan fingerprint density at radius 1 is 1.00 bits per heavy atom. The van der Waals surface area contributed by atoms with Gasteiger partial charge >= 0.3 is 11.9 Å². The van der Waals surface area contributed by atoms with Crippen LogP contribution in [0.3, 0.4) is 0 Å². The van der Waals surface area contributed by atoms with E-state index in [-0.39, 0.29) is 6.42 Å². The summed E-state index contributed by atoms with van der Waals surface area (Å²) in [6, 6.07) is 6.53. The lowest BCUT2D eigenvalue weighted by molar-refractivity contribution is -0.182. The van der Waals surface area contributed by atoms with Crippen molar-refractivity contribution in [1.82, 2.24) is 0 Å². The highest BCUT2D eigenvalue weighted by Crippen LogP contribution is 2.47. The normalized spacial score (nSPS) is 27.5. The first-order valence-electron chi connectivity index (χ1n) is 9.98. The Bertz CT molecular complexity index is 814. The van der Waals surface area contributed by atoms with Crippen molar-refractivity contribution in [2.24, 2.45) is 11.8 Å². The molecule has 30 heavy (non-hydrogen) atoms. The second-order valence-corrected chi connectivity index (χ2v) is 10.5. The van der Waals surface area contributed by atoms with Crippen molar-refractivity contribution in [3.63, 3.8) is 0 Å². The Kier molecular flexibility index (Phi) is 6.74. The number of Topliss-reactive ketones (excluding diaryl/α,β-unsaturated/α-hetero) is 1. The molecule has 1 aromatic rings. The number of carbonyl (C=O) groups excluding carboxylic acids is 3. The predicted octanol–water partition coefficient (Wildman–Crippen LogP) is 4.06. The monoisotopic (exact) mass is 438 g/mol. The number of ketones is 1. The number of hydrogen-bond acceptors (Lipinski definition) is 6. The van der Waals surface area contributed by atoms with Crippen LogP contribution in [0.25, 0.3) is 0 Å². The van der Waals surface area contributed by atoms with E-state index in [0.29, 0.717) is 10.6 Å². The van der Waals surface area contributed by atoms with Crippen LogP contribution in [0, 0.1) is 11.8 Å². The maximum atomic E-state index is 13.2. The zero-order valence-corrected chi connectivity index (χ0v) is 19.4. The van der Waals surface area contributed by atoms with Crippen LogP contribution in [0.2, 0.25) is 5.02 Å². The molecule has 166 valence electrons. The summed E-state index contributed by atoms with van der Waals surface area (Å²) in [5, 5.41) is 11.6. The number of benzene rings is 1. The van der Waals surface area contributed by atoms with Crippen LogP contribution in [0.15, 0.2) is 24.3 Å². The third kappa shape index (κ3) is 5.82. The number of hydrogen-bond donors (Lipinski definition) is 1. The minimum absolute atomic E-state index is 0.356. The summed E-state index contributed by atoms with van der Waals surface area (Å²) in [5.74, 6) is -5.22. The fourth-order valence-corrected chi connectivity index (χ4v) is 3.96. The van der Waals surface area contributed by atoms with Crippen LogP contribution in [0.5, 0.6) is 0 Å². The van der Waals surface area contributed by atoms with E-state index in [1.807, 2.05) is 0 Å². The average Bonchev–Trinajstić information content (AvgIpc) is 2.50. The molecule has 0 aliphatic heterocycles. The summed E-state index contributed by atoms with van der Waals surface area (Å²) in [6.07, 6.45) is -0.356. The summed E-state index contributed by atoms with van der Waals surface area (Å²) < 4.78 is 11.1. The molecule has 1 aliphatic rings. The van der Waals surface area contributed by atoms with Crippen molar-refractivity contribution in [1.29, 1.82) is 0 Å². The van der Waals surface area contributed by atoms with Gasteiger partial charge in [-0.05, 0) is 66.2 Å². The first kappa shape index (κ1) is 24.4. The van der Waals surface area contributed by atoms with Crippen molar-refractivity contribution in [2.45, 2.75) is 77.6 Å². The van der Waals surface area contributed by atoms with E-state index in [4.69, 9.17) is 21.1 Å². The number of halogens is 1. The predicted molar refractivity (Wildman–Crippen MR) is 113 cm³/mol. The summed E-state index contributed by atoms with van der Waals surface area (Å²) >= 11 is 6.01. The van der Waals surface area contributed by atoms with Gasteiger partial charge in [0.15, 0.2) is 5.78 Å². The van der Waals surface area contributed by atoms with E-state index in [1.165, 1.54) is 6.92 Å². The van der Waals surface area contributed by atoms with Gasteiger partial charge in [0, 0.05) is 17.4 Å². The topological polar surface area (TPSA) is 89.9 Å². The molecule has 0 spiro atoms. The molecular weight excluding hydrogens is 408 g/mol. The zero-order chi connectivity index (χ0) is 23.1. The molecule has 0 amide bonds. The summed E-state index contributed by atoms with van der Waals surface area (Å²) in [7, 11) is 0. The van der Waals surface area contributed by atoms with E-state index < -0.39 is 52.3 Å². The molecule has 0 aromatic heterocycles. The van der Waals surface area contributed by atoms with Crippen LogP contribution in [0.4, 0.5) is 0 Å². The molecule has 7 heteroatoms. The first-order valence-corrected chi connectivity index (χ1v) is 10.4. The van der Waals surface area contributed by atoms with E-state index in [2.05, 4.69) is 0 Å². The maximum absolute atomic E-state index is 13.2. The van der Waals surface area contributed by atoms with Gasteiger partial charge in [0.2, 0.25) is 0 Å². The highest BCUT2D eigenvalue weighted by atomic mass is 35.5. The minimum Gasteiger partial charge on any atom is -0.460 e. The molecule has 4 atom stereocenters. The van der Waals surface area contributed by atoms with Crippen LogP contribution in [-0.2, 0) is 23.9 Å². The first-order chi connectivity index (χ1) is 13.5. The van der Waals surface area contributed by atoms with Gasteiger partial charge in [0.1, 0.15) is 17.1 Å². The fourth-order valence-electron chi connectivity index (χ4n) is 3.83. The molecule has 1 N–H and O–H groups in total. The van der Waals surface area contributed by atoms with Crippen LogP contribution in [0.1, 0.15) is 66.4 Å². The second kappa shape index (κ2) is 8.31. The fraction of sp³-hybridized carbons (Fsp3) is 0.609. The van der Waals surface area contributed by atoms with Crippen LogP contribution >= 0.6 is 11.6 Å². The quantitative estimate of drug-likeness (QED) is 0.565. The lowest BCUT2D eigenvalue weighted by Crippen LogP contribution is -2.56. The smallest absolute Gasteiger partial charge is 0.317 e. The highest BCUT2D eigenvalue weighted by Gasteiger charge is 2.57. The van der Waals surface area contributed by atoms with Gasteiger partial charge in [0.25, 0.3) is 0 Å². The molecular formula is C23H31ClO6. The van der Waals surface area contributed by atoms with Crippen molar-refractivity contribution in [2.75, 3.05) is 0 Å². The number of carbonyl (C=O) groups is 3. The Balaban J connectivity index is 2.62. The lowest BCUT2D eigenvalue weighted by atomic mass is 9.61. The zero-order valence-electron chi connectivity index (χ0n) is 18.6. The van der Waals surface area contributed by atoms with Crippen molar-refractivity contribution >= 4 is 29.3 Å². The lowest BCUT2D eigenvalue weighted by Gasteiger charge is -2.44. The van der Waals surface area contributed by atoms with Gasteiger partial charge in [-0.15, -0.1) is 0 Å². The standard InChI is InChI=1S/C23H31ClO6/c1-21(2,3)29-19(26)17-15(25)12-23(7,28)18(20(27)30-22(4,5)6)16(17)13-8-10-14(24)11-9-13/h8-11,16-18,28H,12H2,1-7H3/t16-,17+,18+,23-/m0/s1. The summed E-state index contributed by atoms with van der Waals surface area (Å²) in [4.78, 5) is 39.2. The van der Waals surface area contributed by atoms with E-state index in [0.717, 1.165) is 0 Å². The molecule has 0 radical (unpaired) electrons. The van der Waals surface area contributed by atoms with Crippen LogP contribution < -0.4 is 0 Å². The molecule has 0 heterocycles. The van der Waals surface area contributed by atoms with Gasteiger partial charge in [0.05, 0.1) is 11.5 Å². The Hall–Kier alpha value is -1.92. The largest absolute Gasteiger partial charge is 0.460 e. The molecule has 0 bridgehead atoms. The third-order valence-corrected chi connectivity index (χ3v) is 5.10. The molecule has 1 fully saturated rings. The number of esters is 2. The summed E-state index contributed by atoms with van der Waals surface area (Å²) in [5.41, 5.74) is -2.79. The molecule has 0 unspecified atom stereocenters. The Labute approximate surface area is 182 Å². The molecule has 6 nitrogen and oxygen atoms in total. The number of ether oxygens (including phenoxy) is 2. The SMILES string of the molecule is CC(C)(C)OC(=O)[C@@H]1C(=O)C[C@](C)(O)[C@@H](C(=O)OC(C)(C)C)[C@H]1c1ccc(Cl)cc1. The highest BCUT2D eigenvalue weighted by molar-refractivity contribution is 6.30. The summed E-state index contributed by atoms with van der Waals surface area (Å²) in [6.45, 7) is 11.7. The average molecular weight is 439 g/mol. The number of aliphatic hydroxyl groups is 1. The maximum Gasteiger partial charge on any atom is 0.317 e. The van der Waals surface area contributed by atoms with Crippen molar-refractivity contribution in [3.05, 3.63) is 34.9 Å². The van der Waals surface area contributed by atoms with Gasteiger partial charge in [-0.25, -0.2) is 0 Å². The number of rotatable bonds is 3. The third-order valence-electron chi connectivity index (χ3n) is 4.84. The van der Waals surface area contributed by atoms with Crippen molar-refractivity contribution < 1.29 is 29.0 Å². The molecule has 0 saturated heterocycles. The molecule has 2 rings (SSSR count). The molecule has 1 aliphatic carbocycles. The second-order valence-electron chi connectivity index (χ2n) is 10.1. The minimum atomic E-state index is -1.69. The Morgan fingerprint density at radius 2 is 1.47 bits per heavy atom. The van der Waals surface area contributed by atoms with Crippen molar-refractivity contribution in [3.8, 4) is 0 Å².